The lowest BCUT2D eigenvalue weighted by Crippen LogP contribution is -2.47. The molecule has 0 bridgehead atoms. The molecular weight excluding hydrogens is 376 g/mol. The summed E-state index contributed by atoms with van der Waals surface area (Å²) in [5.41, 5.74) is 3.89. The molecule has 1 aliphatic rings. The van der Waals surface area contributed by atoms with Gasteiger partial charge < -0.3 is 14.5 Å². The maximum Gasteiger partial charge on any atom is 0.170 e. The van der Waals surface area contributed by atoms with E-state index in [0.29, 0.717) is 0 Å². The first kappa shape index (κ1) is 18.4. The molecule has 0 spiro atoms. The smallest absolute Gasteiger partial charge is 0.170 e. The minimum atomic E-state index is 0.843. The van der Waals surface area contributed by atoms with Crippen molar-refractivity contribution in [2.75, 3.05) is 43.1 Å². The maximum atomic E-state index is 5.54. The van der Waals surface area contributed by atoms with Crippen LogP contribution in [0.4, 0.5) is 11.5 Å². The summed E-state index contributed by atoms with van der Waals surface area (Å²) in [5, 5.41) is 0. The number of para-hydroxylation sites is 3. The molecule has 0 radical (unpaired) electrons. The van der Waals surface area contributed by atoms with Crippen LogP contribution in [0.2, 0.25) is 0 Å². The third-order valence-electron chi connectivity index (χ3n) is 5.61. The Labute approximate surface area is 175 Å². The van der Waals surface area contributed by atoms with E-state index < -0.39 is 0 Å². The average molecular weight is 400 g/mol. The lowest BCUT2D eigenvalue weighted by molar-refractivity contribution is 0.413. The van der Waals surface area contributed by atoms with Crippen molar-refractivity contribution < 1.29 is 4.74 Å². The molecular formula is C23H24N6O. The average Bonchev–Trinajstić information content (AvgIpc) is 3.15. The number of hydrogen-bond acceptors (Lipinski definition) is 6. The van der Waals surface area contributed by atoms with Crippen LogP contribution >= 0.6 is 0 Å². The predicted molar refractivity (Wildman–Crippen MR) is 119 cm³/mol. The minimum absolute atomic E-state index is 0.843. The Hall–Kier alpha value is -3.61. The molecule has 4 aromatic rings. The molecule has 30 heavy (non-hydrogen) atoms. The molecule has 0 saturated carbocycles. The largest absolute Gasteiger partial charge is 0.495 e. The van der Waals surface area contributed by atoms with E-state index in [1.807, 2.05) is 37.3 Å². The van der Waals surface area contributed by atoms with Crippen LogP contribution < -0.4 is 14.5 Å². The van der Waals surface area contributed by atoms with E-state index in [-0.39, 0.29) is 0 Å². The van der Waals surface area contributed by atoms with Crippen molar-refractivity contribution in [2.24, 2.45) is 0 Å². The van der Waals surface area contributed by atoms with Gasteiger partial charge in [0.1, 0.15) is 17.9 Å². The zero-order chi connectivity index (χ0) is 20.5. The molecule has 1 saturated heterocycles. The van der Waals surface area contributed by atoms with Crippen molar-refractivity contribution in [3.63, 3.8) is 0 Å². The van der Waals surface area contributed by atoms with Gasteiger partial charge in [0.15, 0.2) is 17.0 Å². The summed E-state index contributed by atoms with van der Waals surface area (Å²) in [5.74, 6) is 2.72. The summed E-state index contributed by atoms with van der Waals surface area (Å²) < 4.78 is 7.63. The summed E-state index contributed by atoms with van der Waals surface area (Å²) in [4.78, 5) is 18.7. The Morgan fingerprint density at radius 2 is 1.53 bits per heavy atom. The standard InChI is InChI=1S/C23H24N6O/c1-17-26-21-22(24-16-25-23(21)29(17)18-8-4-3-5-9-18)28-14-12-27(13-15-28)19-10-6-7-11-20(19)30-2/h3-11,16H,12-15H2,1-2H3. The molecule has 1 fully saturated rings. The fourth-order valence-corrected chi connectivity index (χ4v) is 4.16. The molecule has 3 heterocycles. The number of benzene rings is 2. The molecule has 2 aromatic heterocycles. The number of ether oxygens (including phenoxy) is 1. The topological polar surface area (TPSA) is 59.3 Å². The number of fused-ring (bicyclic) bond motifs is 1. The Morgan fingerprint density at radius 3 is 2.30 bits per heavy atom. The zero-order valence-electron chi connectivity index (χ0n) is 17.2. The molecule has 0 unspecified atom stereocenters. The van der Waals surface area contributed by atoms with Crippen molar-refractivity contribution >= 4 is 22.7 Å². The first-order valence-electron chi connectivity index (χ1n) is 10.1. The molecule has 7 nitrogen and oxygen atoms in total. The Bertz CT molecular complexity index is 1170. The molecule has 0 amide bonds. The summed E-state index contributed by atoms with van der Waals surface area (Å²) in [6, 6.07) is 18.4. The SMILES string of the molecule is COc1ccccc1N1CCN(c2ncnc3c2nc(C)n3-c2ccccc2)CC1. The van der Waals surface area contributed by atoms with Gasteiger partial charge in [0.2, 0.25) is 0 Å². The van der Waals surface area contributed by atoms with Crippen LogP contribution in [0.1, 0.15) is 5.82 Å². The summed E-state index contributed by atoms with van der Waals surface area (Å²) >= 11 is 0. The summed E-state index contributed by atoms with van der Waals surface area (Å²) in [6.07, 6.45) is 1.64. The maximum absolute atomic E-state index is 5.54. The van der Waals surface area contributed by atoms with Gasteiger partial charge in [-0.1, -0.05) is 30.3 Å². The molecule has 5 rings (SSSR count). The van der Waals surface area contributed by atoms with Gasteiger partial charge in [-0.2, -0.15) is 0 Å². The Morgan fingerprint density at radius 1 is 0.833 bits per heavy atom. The van der Waals surface area contributed by atoms with Gasteiger partial charge in [0.05, 0.1) is 12.8 Å². The van der Waals surface area contributed by atoms with Crippen LogP contribution in [0, 0.1) is 6.92 Å². The number of aryl methyl sites for hydroxylation is 1. The van der Waals surface area contributed by atoms with Crippen LogP contribution in [0.3, 0.4) is 0 Å². The van der Waals surface area contributed by atoms with Gasteiger partial charge in [-0.25, -0.2) is 15.0 Å². The van der Waals surface area contributed by atoms with E-state index in [2.05, 4.69) is 48.6 Å². The van der Waals surface area contributed by atoms with E-state index >= 15 is 0 Å². The van der Waals surface area contributed by atoms with Gasteiger partial charge >= 0.3 is 0 Å². The van der Waals surface area contributed by atoms with Crippen LogP contribution in [0.5, 0.6) is 5.75 Å². The molecule has 7 heteroatoms. The summed E-state index contributed by atoms with van der Waals surface area (Å²) in [7, 11) is 1.72. The van der Waals surface area contributed by atoms with E-state index in [1.54, 1.807) is 13.4 Å². The predicted octanol–water partition coefficient (Wildman–Crippen LogP) is 3.46. The second kappa shape index (κ2) is 7.67. The lowest BCUT2D eigenvalue weighted by atomic mass is 10.2. The van der Waals surface area contributed by atoms with Crippen molar-refractivity contribution in [2.45, 2.75) is 6.92 Å². The van der Waals surface area contributed by atoms with Crippen molar-refractivity contribution in [1.29, 1.82) is 0 Å². The van der Waals surface area contributed by atoms with Gasteiger partial charge in [-0.15, -0.1) is 0 Å². The van der Waals surface area contributed by atoms with E-state index in [9.17, 15) is 0 Å². The van der Waals surface area contributed by atoms with Gasteiger partial charge in [0.25, 0.3) is 0 Å². The third-order valence-corrected chi connectivity index (χ3v) is 5.61. The first-order chi connectivity index (χ1) is 14.8. The molecule has 1 aliphatic heterocycles. The highest BCUT2D eigenvalue weighted by molar-refractivity contribution is 5.85. The van der Waals surface area contributed by atoms with Gasteiger partial charge in [-0.05, 0) is 31.2 Å². The fourth-order valence-electron chi connectivity index (χ4n) is 4.16. The van der Waals surface area contributed by atoms with Crippen molar-refractivity contribution in [3.05, 3.63) is 66.7 Å². The molecule has 0 aliphatic carbocycles. The fraction of sp³-hybridized carbons (Fsp3) is 0.261. The number of imidazole rings is 1. The number of nitrogens with zero attached hydrogens (tertiary/aromatic N) is 6. The first-order valence-corrected chi connectivity index (χ1v) is 10.1. The number of methoxy groups -OCH3 is 1. The molecule has 0 N–H and O–H groups in total. The molecule has 2 aromatic carbocycles. The van der Waals surface area contributed by atoms with E-state index in [1.165, 1.54) is 0 Å². The van der Waals surface area contributed by atoms with Crippen LogP contribution in [-0.2, 0) is 0 Å². The van der Waals surface area contributed by atoms with Gasteiger partial charge in [0, 0.05) is 31.9 Å². The van der Waals surface area contributed by atoms with E-state index in [4.69, 9.17) is 9.72 Å². The Kier molecular flexibility index (Phi) is 4.71. The summed E-state index contributed by atoms with van der Waals surface area (Å²) in [6.45, 7) is 5.52. The third kappa shape index (κ3) is 3.12. The van der Waals surface area contributed by atoms with E-state index in [0.717, 1.165) is 66.1 Å². The highest BCUT2D eigenvalue weighted by Crippen LogP contribution is 2.30. The monoisotopic (exact) mass is 400 g/mol. The number of piperazine rings is 1. The normalized spacial score (nSPS) is 14.3. The number of anilines is 2. The van der Waals surface area contributed by atoms with Crippen molar-refractivity contribution in [3.8, 4) is 11.4 Å². The van der Waals surface area contributed by atoms with Crippen LogP contribution in [0.15, 0.2) is 60.9 Å². The second-order valence-electron chi connectivity index (χ2n) is 7.35. The lowest BCUT2D eigenvalue weighted by Gasteiger charge is -2.37. The highest BCUT2D eigenvalue weighted by atomic mass is 16.5. The molecule has 152 valence electrons. The van der Waals surface area contributed by atoms with Gasteiger partial charge in [-0.3, -0.25) is 4.57 Å². The molecule has 0 atom stereocenters. The Balaban J connectivity index is 1.44. The minimum Gasteiger partial charge on any atom is -0.495 e. The van der Waals surface area contributed by atoms with Crippen LogP contribution in [-0.4, -0.2) is 52.8 Å². The van der Waals surface area contributed by atoms with Crippen LogP contribution in [0.25, 0.3) is 16.9 Å². The second-order valence-corrected chi connectivity index (χ2v) is 7.35. The number of rotatable bonds is 4. The number of hydrogen-bond donors (Lipinski definition) is 0. The van der Waals surface area contributed by atoms with Crippen molar-refractivity contribution in [1.82, 2.24) is 19.5 Å². The highest BCUT2D eigenvalue weighted by Gasteiger charge is 2.24. The zero-order valence-corrected chi connectivity index (χ0v) is 17.2. The number of aromatic nitrogens is 4. The quantitative estimate of drug-likeness (QED) is 0.523.